The number of pyridine rings is 1. The van der Waals surface area contributed by atoms with Gasteiger partial charge in [0.1, 0.15) is 18.0 Å². The largest absolute Gasteiger partial charge is 0.480 e. The number of anilines is 1. The van der Waals surface area contributed by atoms with Crippen molar-refractivity contribution in [1.29, 1.82) is 0 Å². The number of aryl methyl sites for hydroxylation is 4. The van der Waals surface area contributed by atoms with Crippen LogP contribution in [0, 0.1) is 19.8 Å². The zero-order valence-electron chi connectivity index (χ0n) is 23.0. The first kappa shape index (κ1) is 27.4. The zero-order valence-corrected chi connectivity index (χ0v) is 23.0. The van der Waals surface area contributed by atoms with E-state index in [0.717, 1.165) is 87.2 Å². The van der Waals surface area contributed by atoms with Crippen molar-refractivity contribution in [2.24, 2.45) is 5.92 Å². The Balaban J connectivity index is 1.000. The van der Waals surface area contributed by atoms with Crippen molar-refractivity contribution < 1.29 is 24.2 Å². The number of rotatable bonds is 11. The third-order valence-corrected chi connectivity index (χ3v) is 8.34. The van der Waals surface area contributed by atoms with Crippen LogP contribution in [0.1, 0.15) is 80.1 Å². The molecule has 0 aromatic carbocycles. The van der Waals surface area contributed by atoms with Gasteiger partial charge in [-0.25, -0.2) is 14.6 Å². The highest BCUT2D eigenvalue weighted by molar-refractivity contribution is 5.79. The van der Waals surface area contributed by atoms with Crippen molar-refractivity contribution in [2.45, 2.75) is 102 Å². The summed E-state index contributed by atoms with van der Waals surface area (Å²) < 4.78 is 13.5. The molecule has 39 heavy (non-hydrogen) atoms. The molecule has 5 rings (SSSR count). The summed E-state index contributed by atoms with van der Waals surface area (Å²) in [5.41, 5.74) is 4.40. The molecule has 2 saturated carbocycles. The average Bonchev–Trinajstić information content (AvgIpc) is 3.48. The molecule has 2 aromatic heterocycles. The van der Waals surface area contributed by atoms with Gasteiger partial charge in [-0.05, 0) is 95.2 Å². The Morgan fingerprint density at radius 3 is 2.85 bits per heavy atom. The van der Waals surface area contributed by atoms with Gasteiger partial charge in [0.15, 0.2) is 0 Å². The van der Waals surface area contributed by atoms with Crippen molar-refractivity contribution in [2.75, 3.05) is 18.5 Å². The van der Waals surface area contributed by atoms with Crippen LogP contribution >= 0.6 is 0 Å². The smallest absolute Gasteiger partial charge is 0.408 e. The lowest BCUT2D eigenvalue weighted by Crippen LogP contribution is -2.44. The third-order valence-electron chi connectivity index (χ3n) is 8.34. The SMILES string of the molecule is Cc1cc(C)n([C@H]2CCC[C@@H]2OC(=O)NC(CCOC2CC(CCc3ccc4c(n3)NCCC4)C2)C(=O)O)n1. The molecule has 0 spiro atoms. The van der Waals surface area contributed by atoms with Crippen molar-refractivity contribution >= 4 is 17.9 Å². The maximum atomic E-state index is 12.6. The van der Waals surface area contributed by atoms with E-state index < -0.39 is 18.1 Å². The van der Waals surface area contributed by atoms with Crippen LogP contribution < -0.4 is 10.6 Å². The van der Waals surface area contributed by atoms with Crippen LogP contribution in [0.4, 0.5) is 10.6 Å². The predicted molar refractivity (Wildman–Crippen MR) is 146 cm³/mol. The molecule has 3 atom stereocenters. The number of amides is 1. The van der Waals surface area contributed by atoms with E-state index in [4.69, 9.17) is 14.5 Å². The number of fused-ring (bicyclic) bond motifs is 1. The average molecular weight is 540 g/mol. The lowest BCUT2D eigenvalue weighted by molar-refractivity contribution is -0.140. The topological polar surface area (TPSA) is 128 Å². The van der Waals surface area contributed by atoms with Gasteiger partial charge in [0, 0.05) is 31.0 Å². The molecule has 2 aliphatic carbocycles. The normalized spacial score (nSPS) is 24.8. The summed E-state index contributed by atoms with van der Waals surface area (Å²) in [6.45, 7) is 5.21. The molecule has 2 fully saturated rings. The number of hydrogen-bond acceptors (Lipinski definition) is 7. The minimum atomic E-state index is -1.09. The number of carbonyl (C=O) groups excluding carboxylic acids is 1. The highest BCUT2D eigenvalue weighted by atomic mass is 16.6. The van der Waals surface area contributed by atoms with Gasteiger partial charge in [-0.2, -0.15) is 5.10 Å². The van der Waals surface area contributed by atoms with Crippen LogP contribution in [0.25, 0.3) is 0 Å². The maximum absolute atomic E-state index is 12.6. The van der Waals surface area contributed by atoms with Gasteiger partial charge in [-0.3, -0.25) is 4.68 Å². The van der Waals surface area contributed by atoms with Crippen LogP contribution in [-0.2, 0) is 27.1 Å². The van der Waals surface area contributed by atoms with Gasteiger partial charge in [0.25, 0.3) is 0 Å². The second-order valence-corrected chi connectivity index (χ2v) is 11.3. The summed E-state index contributed by atoms with van der Waals surface area (Å²) >= 11 is 0. The van der Waals surface area contributed by atoms with Crippen molar-refractivity contribution in [3.8, 4) is 0 Å². The molecule has 1 unspecified atom stereocenters. The second kappa shape index (κ2) is 12.4. The number of alkyl carbamates (subject to hydrolysis) is 1. The van der Waals surface area contributed by atoms with E-state index in [1.807, 2.05) is 24.6 Å². The molecule has 0 saturated heterocycles. The molecule has 0 bridgehead atoms. The van der Waals surface area contributed by atoms with Gasteiger partial charge in [0.2, 0.25) is 0 Å². The molecule has 0 radical (unpaired) electrons. The highest BCUT2D eigenvalue weighted by Gasteiger charge is 2.35. The van der Waals surface area contributed by atoms with Gasteiger partial charge < -0.3 is 25.2 Å². The van der Waals surface area contributed by atoms with E-state index in [-0.39, 0.29) is 31.3 Å². The van der Waals surface area contributed by atoms with Crippen molar-refractivity contribution in [3.05, 3.63) is 40.8 Å². The lowest BCUT2D eigenvalue weighted by atomic mass is 9.79. The monoisotopic (exact) mass is 539 g/mol. The number of hydrogen-bond donors (Lipinski definition) is 3. The number of nitrogens with one attached hydrogen (secondary N) is 2. The van der Waals surface area contributed by atoms with Gasteiger partial charge >= 0.3 is 12.1 Å². The van der Waals surface area contributed by atoms with Crippen LogP contribution in [0.3, 0.4) is 0 Å². The lowest BCUT2D eigenvalue weighted by Gasteiger charge is -2.35. The van der Waals surface area contributed by atoms with E-state index in [2.05, 4.69) is 27.9 Å². The fourth-order valence-corrected chi connectivity index (χ4v) is 6.14. The number of aromatic nitrogens is 3. The minimum absolute atomic E-state index is 0.0256. The van der Waals surface area contributed by atoms with Crippen molar-refractivity contribution in [1.82, 2.24) is 20.1 Å². The molecule has 10 nitrogen and oxygen atoms in total. The van der Waals surface area contributed by atoms with Crippen LogP contribution in [0.5, 0.6) is 0 Å². The number of carboxylic acid groups (broad SMARTS) is 1. The minimum Gasteiger partial charge on any atom is -0.480 e. The van der Waals surface area contributed by atoms with Crippen molar-refractivity contribution in [3.63, 3.8) is 0 Å². The van der Waals surface area contributed by atoms with E-state index >= 15 is 0 Å². The van der Waals surface area contributed by atoms with E-state index in [9.17, 15) is 14.7 Å². The molecule has 2 aromatic rings. The summed E-state index contributed by atoms with van der Waals surface area (Å²) in [4.78, 5) is 29.1. The highest BCUT2D eigenvalue weighted by Crippen LogP contribution is 2.35. The Kier molecular flexibility index (Phi) is 8.69. The fraction of sp³-hybridized carbons (Fsp3) is 0.655. The number of ether oxygens (including phenoxy) is 2. The molecule has 3 heterocycles. The second-order valence-electron chi connectivity index (χ2n) is 11.3. The van der Waals surface area contributed by atoms with E-state index in [1.165, 1.54) is 5.56 Å². The molecule has 1 aliphatic heterocycles. The fourth-order valence-electron chi connectivity index (χ4n) is 6.14. The molecule has 1 amide bonds. The molecule has 212 valence electrons. The maximum Gasteiger partial charge on any atom is 0.408 e. The molecule has 3 N–H and O–H groups in total. The predicted octanol–water partition coefficient (Wildman–Crippen LogP) is 4.34. The van der Waals surface area contributed by atoms with Crippen LogP contribution in [-0.4, -0.2) is 63.3 Å². The summed E-state index contributed by atoms with van der Waals surface area (Å²) in [5, 5.41) is 20.1. The molecular formula is C29H41N5O5. The standard InChI is InChI=1S/C29H41N5O5/c1-18-15-19(2)34(33-18)25-6-3-7-26(25)39-29(37)32-24(28(35)36)12-14-38-23-16-20(17-23)8-10-22-11-9-21-5-4-13-30-27(21)31-22/h9,11,15,20,23-26H,3-8,10,12-14,16-17H2,1-2H3,(H,30,31)(H,32,37)(H,35,36)/t20?,23?,24?,25-,26-/m0/s1. The summed E-state index contributed by atoms with van der Waals surface area (Å²) in [6, 6.07) is 5.28. The summed E-state index contributed by atoms with van der Waals surface area (Å²) in [6.07, 6.45) is 8.12. The number of carbonyl (C=O) groups is 2. The first-order chi connectivity index (χ1) is 18.9. The van der Waals surface area contributed by atoms with E-state index in [1.54, 1.807) is 0 Å². The number of nitrogens with zero attached hydrogens (tertiary/aromatic N) is 3. The Morgan fingerprint density at radius 2 is 2.08 bits per heavy atom. The Bertz CT molecular complexity index is 1160. The quantitative estimate of drug-likeness (QED) is 0.385. The van der Waals surface area contributed by atoms with Gasteiger partial charge in [-0.1, -0.05) is 6.07 Å². The van der Waals surface area contributed by atoms with E-state index in [0.29, 0.717) is 5.92 Å². The number of aliphatic carboxylic acids is 1. The first-order valence-electron chi connectivity index (χ1n) is 14.4. The zero-order chi connectivity index (χ0) is 27.4. The Hall–Kier alpha value is -3.14. The Morgan fingerprint density at radius 1 is 1.23 bits per heavy atom. The van der Waals surface area contributed by atoms with Gasteiger partial charge in [-0.15, -0.1) is 0 Å². The molecule has 3 aliphatic rings. The Labute approximate surface area is 229 Å². The van der Waals surface area contributed by atoms with Crippen LogP contribution in [0.2, 0.25) is 0 Å². The molecular weight excluding hydrogens is 498 g/mol. The van der Waals surface area contributed by atoms with Crippen LogP contribution in [0.15, 0.2) is 18.2 Å². The van der Waals surface area contributed by atoms with Gasteiger partial charge in [0.05, 0.1) is 17.8 Å². The summed E-state index contributed by atoms with van der Waals surface area (Å²) in [7, 11) is 0. The first-order valence-corrected chi connectivity index (χ1v) is 14.4. The third kappa shape index (κ3) is 6.90. The molecule has 10 heteroatoms. The summed E-state index contributed by atoms with van der Waals surface area (Å²) in [5.74, 6) is 0.562. The number of carboxylic acids is 1.